The Bertz CT molecular complexity index is 1900. The minimum atomic E-state index is -4.96. The first kappa shape index (κ1) is 95.1. The smallest absolute Gasteiger partial charge is 0.462 e. The van der Waals surface area contributed by atoms with Crippen molar-refractivity contribution in [1.29, 1.82) is 0 Å². The molecule has 0 aliphatic heterocycles. The molecule has 97 heavy (non-hydrogen) atoms. The monoisotopic (exact) mass is 1420 g/mol. The zero-order chi connectivity index (χ0) is 71.7. The summed E-state index contributed by atoms with van der Waals surface area (Å²) in [5, 5.41) is 10.6. The van der Waals surface area contributed by atoms with Gasteiger partial charge in [0.25, 0.3) is 0 Å². The zero-order valence-corrected chi connectivity index (χ0v) is 65.5. The van der Waals surface area contributed by atoms with Gasteiger partial charge in [0.15, 0.2) is 12.2 Å². The molecule has 0 radical (unpaired) electrons. The van der Waals surface area contributed by atoms with E-state index in [1.807, 2.05) is 0 Å². The first-order valence-corrected chi connectivity index (χ1v) is 43.2. The quantitative estimate of drug-likeness (QED) is 0.0222. The molecular weight excluding hydrogens is 1270 g/mol. The summed E-state index contributed by atoms with van der Waals surface area (Å²) < 4.78 is 68.5. The Hall–Kier alpha value is -1.94. The van der Waals surface area contributed by atoms with Gasteiger partial charge in [-0.1, -0.05) is 344 Å². The molecule has 0 aromatic rings. The predicted molar refractivity (Wildman–Crippen MR) is 395 cm³/mol. The Morgan fingerprint density at radius 1 is 0.289 bits per heavy atom. The number of aliphatic hydroxyl groups is 1. The highest BCUT2D eigenvalue weighted by Gasteiger charge is 2.30. The number of esters is 4. The molecule has 4 unspecified atom stereocenters. The lowest BCUT2D eigenvalue weighted by Crippen LogP contribution is -2.30. The highest BCUT2D eigenvalue weighted by molar-refractivity contribution is 7.47. The largest absolute Gasteiger partial charge is 0.472 e. The minimum Gasteiger partial charge on any atom is -0.462 e. The van der Waals surface area contributed by atoms with Gasteiger partial charge in [-0.15, -0.1) is 0 Å². The van der Waals surface area contributed by atoms with Gasteiger partial charge >= 0.3 is 39.5 Å². The Labute approximate surface area is 594 Å². The third kappa shape index (κ3) is 70.9. The van der Waals surface area contributed by atoms with Crippen LogP contribution in [0.4, 0.5) is 0 Å². The van der Waals surface area contributed by atoms with Gasteiger partial charge in [0.1, 0.15) is 19.3 Å². The Morgan fingerprint density at radius 3 is 0.732 bits per heavy atom. The SMILES string of the molecule is CCC(C)CCCCCCCCCCCCCCCCCCCCC(=O)OC[C@H](COP(=O)(O)OCC(O)COP(=O)(O)OC[C@@H](COC(=O)CCCCCCCCCCC(C)C)OC(=O)CCCCCCCCCCCCC(C)C)OC(=O)CCCCCCCCCCC(C)C. The van der Waals surface area contributed by atoms with Crippen molar-refractivity contribution in [1.82, 2.24) is 0 Å². The summed E-state index contributed by atoms with van der Waals surface area (Å²) in [5.74, 6) is 0.948. The van der Waals surface area contributed by atoms with Crippen molar-refractivity contribution in [2.75, 3.05) is 39.6 Å². The first-order valence-electron chi connectivity index (χ1n) is 40.2. The number of carbonyl (C=O) groups is 4. The van der Waals surface area contributed by atoms with Crippen LogP contribution < -0.4 is 0 Å². The highest BCUT2D eigenvalue weighted by Crippen LogP contribution is 2.45. The molecule has 0 bridgehead atoms. The lowest BCUT2D eigenvalue weighted by atomic mass is 9.99. The molecule has 576 valence electrons. The molecule has 0 aliphatic carbocycles. The molecule has 0 rings (SSSR count). The van der Waals surface area contributed by atoms with Crippen molar-refractivity contribution >= 4 is 39.5 Å². The molecule has 6 atom stereocenters. The second-order valence-corrected chi connectivity index (χ2v) is 32.7. The molecule has 0 heterocycles. The summed E-state index contributed by atoms with van der Waals surface area (Å²) in [6, 6.07) is 0. The maximum atomic E-state index is 13.1. The molecule has 0 fully saturated rings. The maximum Gasteiger partial charge on any atom is 0.472 e. The van der Waals surface area contributed by atoms with E-state index in [1.54, 1.807) is 0 Å². The van der Waals surface area contributed by atoms with Crippen LogP contribution in [0.3, 0.4) is 0 Å². The molecule has 0 saturated heterocycles. The van der Waals surface area contributed by atoms with Crippen molar-refractivity contribution in [3.05, 3.63) is 0 Å². The van der Waals surface area contributed by atoms with E-state index in [9.17, 15) is 43.2 Å². The van der Waals surface area contributed by atoms with Crippen LogP contribution in [0.5, 0.6) is 0 Å². The van der Waals surface area contributed by atoms with Gasteiger partial charge in [0.05, 0.1) is 26.4 Å². The molecule has 0 aromatic carbocycles. The van der Waals surface area contributed by atoms with Gasteiger partial charge in [-0.25, -0.2) is 9.13 Å². The van der Waals surface area contributed by atoms with Crippen LogP contribution in [-0.2, 0) is 65.4 Å². The van der Waals surface area contributed by atoms with E-state index in [1.165, 1.54) is 199 Å². The van der Waals surface area contributed by atoms with Gasteiger partial charge in [-0.3, -0.25) is 37.3 Å². The second-order valence-electron chi connectivity index (χ2n) is 29.8. The van der Waals surface area contributed by atoms with E-state index in [2.05, 4.69) is 55.4 Å². The van der Waals surface area contributed by atoms with E-state index in [4.69, 9.17) is 37.0 Å². The summed E-state index contributed by atoms with van der Waals surface area (Å²) in [4.78, 5) is 72.8. The summed E-state index contributed by atoms with van der Waals surface area (Å²) in [5.41, 5.74) is 0. The number of rotatable bonds is 75. The minimum absolute atomic E-state index is 0.105. The van der Waals surface area contributed by atoms with Crippen molar-refractivity contribution in [2.24, 2.45) is 23.7 Å². The Morgan fingerprint density at radius 2 is 0.495 bits per heavy atom. The predicted octanol–water partition coefficient (Wildman–Crippen LogP) is 22.8. The van der Waals surface area contributed by atoms with E-state index in [-0.39, 0.29) is 25.7 Å². The highest BCUT2D eigenvalue weighted by atomic mass is 31.2. The number of unbranched alkanes of at least 4 members (excludes halogenated alkanes) is 40. The van der Waals surface area contributed by atoms with Crippen molar-refractivity contribution in [3.63, 3.8) is 0 Å². The number of hydrogen-bond acceptors (Lipinski definition) is 15. The van der Waals surface area contributed by atoms with Gasteiger partial charge in [-0.05, 0) is 49.4 Å². The second kappa shape index (κ2) is 67.2. The summed E-state index contributed by atoms with van der Waals surface area (Å²) in [7, 11) is -9.91. The van der Waals surface area contributed by atoms with Gasteiger partial charge in [-0.2, -0.15) is 0 Å². The third-order valence-electron chi connectivity index (χ3n) is 18.4. The van der Waals surface area contributed by atoms with Crippen LogP contribution in [0.1, 0.15) is 396 Å². The van der Waals surface area contributed by atoms with E-state index >= 15 is 0 Å². The molecule has 0 aliphatic rings. The number of ether oxygens (including phenoxy) is 4. The molecule has 19 heteroatoms. The molecule has 3 N–H and O–H groups in total. The molecule has 17 nitrogen and oxygen atoms in total. The zero-order valence-electron chi connectivity index (χ0n) is 63.7. The number of phosphoric acid groups is 2. The van der Waals surface area contributed by atoms with E-state index in [0.717, 1.165) is 114 Å². The molecular formula is C78H152O17P2. The Kier molecular flexibility index (Phi) is 65.9. The summed E-state index contributed by atoms with van der Waals surface area (Å²) >= 11 is 0. The first-order chi connectivity index (χ1) is 46.6. The fourth-order valence-electron chi connectivity index (χ4n) is 11.9. The average molecular weight is 1420 g/mol. The van der Waals surface area contributed by atoms with E-state index < -0.39 is 97.5 Å². The molecule has 0 saturated carbocycles. The van der Waals surface area contributed by atoms with Crippen LogP contribution in [0, 0.1) is 23.7 Å². The number of aliphatic hydroxyl groups excluding tert-OH is 1. The topological polar surface area (TPSA) is 237 Å². The standard InChI is InChI=1S/C78H152O17P2/c1-9-71(8)57-49-41-33-23-18-16-14-12-10-11-13-15-17-19-24-34-42-50-58-75(80)88-64-74(95-78(83)61-53-45-37-29-27-32-40-48-56-70(6)7)67-93-97(86,87)91-63-72(79)62-90-96(84,85)92-66-73(65-89-76(81)59-51-43-35-28-26-31-39-47-55-69(4)5)94-77(82)60-52-44-36-25-21-20-22-30-38-46-54-68(2)3/h68-74,79H,9-67H2,1-8H3,(H,84,85)(H,86,87)/t71?,72?,73-,74-/m1/s1. The van der Waals surface area contributed by atoms with Crippen molar-refractivity contribution < 1.29 is 80.2 Å². The van der Waals surface area contributed by atoms with Crippen LogP contribution in [-0.4, -0.2) is 96.7 Å². The van der Waals surface area contributed by atoms with Crippen LogP contribution in [0.25, 0.3) is 0 Å². The van der Waals surface area contributed by atoms with Gasteiger partial charge in [0, 0.05) is 25.7 Å². The fraction of sp³-hybridized carbons (Fsp3) is 0.949. The number of phosphoric ester groups is 2. The van der Waals surface area contributed by atoms with Crippen LogP contribution >= 0.6 is 15.6 Å². The molecule has 0 aromatic heterocycles. The maximum absolute atomic E-state index is 13.1. The average Bonchev–Trinajstić information content (AvgIpc) is 1.32. The van der Waals surface area contributed by atoms with Crippen LogP contribution in [0.15, 0.2) is 0 Å². The number of carbonyl (C=O) groups excluding carboxylic acids is 4. The lowest BCUT2D eigenvalue weighted by molar-refractivity contribution is -0.161. The summed E-state index contributed by atoms with van der Waals surface area (Å²) in [6.45, 7) is 14.2. The molecule has 0 spiro atoms. The van der Waals surface area contributed by atoms with Gasteiger partial charge < -0.3 is 33.8 Å². The third-order valence-corrected chi connectivity index (χ3v) is 20.3. The number of hydrogen-bond donors (Lipinski definition) is 3. The lowest BCUT2D eigenvalue weighted by Gasteiger charge is -2.21. The van der Waals surface area contributed by atoms with Gasteiger partial charge in [0.2, 0.25) is 0 Å². The Balaban J connectivity index is 5.16. The van der Waals surface area contributed by atoms with Crippen molar-refractivity contribution in [2.45, 2.75) is 414 Å². The molecule has 0 amide bonds. The van der Waals surface area contributed by atoms with Crippen LogP contribution in [0.2, 0.25) is 0 Å². The fourth-order valence-corrected chi connectivity index (χ4v) is 13.5. The summed E-state index contributed by atoms with van der Waals surface area (Å²) in [6.07, 6.45) is 52.9. The van der Waals surface area contributed by atoms with E-state index in [0.29, 0.717) is 25.7 Å². The van der Waals surface area contributed by atoms with Crippen molar-refractivity contribution in [3.8, 4) is 0 Å². The normalized spacial score (nSPS) is 14.4.